The Labute approximate surface area is 187 Å². The summed E-state index contributed by atoms with van der Waals surface area (Å²) >= 11 is 0. The number of nitrogens with zero attached hydrogens (tertiary/aromatic N) is 2. The number of urea groups is 1. The molecule has 2 aromatic carbocycles. The molecule has 0 spiro atoms. The highest BCUT2D eigenvalue weighted by molar-refractivity contribution is 6.07. The van der Waals surface area contributed by atoms with Crippen LogP contribution < -0.4 is 16.0 Å². The van der Waals surface area contributed by atoms with Crippen molar-refractivity contribution in [2.75, 3.05) is 5.32 Å². The summed E-state index contributed by atoms with van der Waals surface area (Å²) in [4.78, 5) is 36.9. The molecule has 5 rings (SSSR count). The highest BCUT2D eigenvalue weighted by Gasteiger charge is 2.43. The van der Waals surface area contributed by atoms with Gasteiger partial charge in [0.2, 0.25) is 0 Å². The van der Waals surface area contributed by atoms with Crippen molar-refractivity contribution in [1.82, 2.24) is 20.4 Å². The van der Waals surface area contributed by atoms with Crippen molar-refractivity contribution in [3.63, 3.8) is 0 Å². The summed E-state index contributed by atoms with van der Waals surface area (Å²) in [6, 6.07) is 9.51. The Bertz CT molecular complexity index is 1340. The van der Waals surface area contributed by atoms with Crippen LogP contribution in [0.2, 0.25) is 0 Å². The van der Waals surface area contributed by atoms with E-state index in [0.717, 1.165) is 29.8 Å². The second-order valence-electron chi connectivity index (χ2n) is 8.21. The molecule has 3 N–H and O–H groups in total. The average molecular weight is 451 g/mol. The van der Waals surface area contributed by atoms with Gasteiger partial charge >= 0.3 is 6.03 Å². The highest BCUT2D eigenvalue weighted by atomic mass is 19.2. The molecule has 8 nitrogen and oxygen atoms in total. The number of anilines is 1. The number of fused-ring (bicyclic) bond motifs is 1. The summed E-state index contributed by atoms with van der Waals surface area (Å²) in [6.45, 7) is 1.57. The monoisotopic (exact) mass is 451 g/mol. The molecule has 1 aliphatic carbocycles. The fourth-order valence-electron chi connectivity index (χ4n) is 4.29. The van der Waals surface area contributed by atoms with Crippen molar-refractivity contribution in [2.24, 2.45) is 0 Å². The van der Waals surface area contributed by atoms with Crippen molar-refractivity contribution in [1.29, 1.82) is 0 Å². The van der Waals surface area contributed by atoms with Gasteiger partial charge in [-0.3, -0.25) is 14.9 Å². The van der Waals surface area contributed by atoms with E-state index in [1.165, 1.54) is 10.7 Å². The zero-order valence-electron chi connectivity index (χ0n) is 17.5. The molecular formula is C23H19F2N5O3. The molecule has 0 saturated carbocycles. The Kier molecular flexibility index (Phi) is 4.73. The number of rotatable bonds is 4. The van der Waals surface area contributed by atoms with Gasteiger partial charge in [-0.05, 0) is 56.0 Å². The molecule has 0 radical (unpaired) electrons. The fraction of sp³-hybridized carbons (Fsp3) is 0.217. The molecule has 1 saturated heterocycles. The van der Waals surface area contributed by atoms with Gasteiger partial charge in [-0.2, -0.15) is 5.10 Å². The summed E-state index contributed by atoms with van der Waals surface area (Å²) in [6.07, 6.45) is 2.13. The van der Waals surface area contributed by atoms with Crippen LogP contribution in [0.5, 0.6) is 0 Å². The first kappa shape index (κ1) is 20.8. The number of hydrogen-bond donors (Lipinski definition) is 3. The van der Waals surface area contributed by atoms with Crippen LogP contribution in [0.15, 0.2) is 42.5 Å². The number of nitrogens with one attached hydrogen (secondary N) is 3. The van der Waals surface area contributed by atoms with E-state index in [2.05, 4.69) is 21.0 Å². The minimum absolute atomic E-state index is 0.204. The molecule has 1 fully saturated rings. The highest BCUT2D eigenvalue weighted by Crippen LogP contribution is 2.30. The fourth-order valence-corrected chi connectivity index (χ4v) is 4.29. The zero-order chi connectivity index (χ0) is 23.3. The van der Waals surface area contributed by atoms with Crippen molar-refractivity contribution in [2.45, 2.75) is 31.7 Å². The van der Waals surface area contributed by atoms with Crippen molar-refractivity contribution >= 4 is 23.5 Å². The second-order valence-corrected chi connectivity index (χ2v) is 8.21. The van der Waals surface area contributed by atoms with E-state index in [1.807, 2.05) is 0 Å². The maximum absolute atomic E-state index is 13.8. The molecule has 2 aliphatic rings. The Morgan fingerprint density at radius 3 is 2.67 bits per heavy atom. The molecule has 168 valence electrons. The van der Waals surface area contributed by atoms with Crippen molar-refractivity contribution < 1.29 is 23.2 Å². The number of carbonyl (C=O) groups excluding carboxylic acids is 3. The van der Waals surface area contributed by atoms with Crippen molar-refractivity contribution in [3.05, 3.63) is 76.6 Å². The number of halogens is 2. The third-order valence-corrected chi connectivity index (χ3v) is 6.04. The van der Waals surface area contributed by atoms with E-state index in [1.54, 1.807) is 31.2 Å². The van der Waals surface area contributed by atoms with Gasteiger partial charge < -0.3 is 10.6 Å². The first-order valence-corrected chi connectivity index (χ1v) is 10.4. The van der Waals surface area contributed by atoms with Gasteiger partial charge in [0.1, 0.15) is 5.54 Å². The molecular weight excluding hydrogens is 432 g/mol. The molecule has 0 bridgehead atoms. The average Bonchev–Trinajstić information content (AvgIpc) is 3.45. The number of carbonyl (C=O) groups is 3. The predicted molar refractivity (Wildman–Crippen MR) is 114 cm³/mol. The first-order chi connectivity index (χ1) is 15.8. The molecule has 33 heavy (non-hydrogen) atoms. The normalized spacial score (nSPS) is 19.2. The standard InChI is InChI=1S/C23H19F2N5O3/c1-23(21(32)27-22(33)28-23)12-4-2-5-13(10-12)26-20(31)19-15-6-3-7-18(15)30(29-19)14-8-9-16(24)17(25)11-14/h2,4-5,8-11H,3,6-7H2,1H3,(H,26,31)(H2,27,28,32,33). The number of hydrogen-bond acceptors (Lipinski definition) is 4. The van der Waals surface area contributed by atoms with Gasteiger partial charge in [0.25, 0.3) is 11.8 Å². The molecule has 10 heteroatoms. The number of aromatic nitrogens is 2. The molecule has 1 atom stereocenters. The molecule has 1 aliphatic heterocycles. The third kappa shape index (κ3) is 3.43. The zero-order valence-corrected chi connectivity index (χ0v) is 17.5. The van der Waals surface area contributed by atoms with Gasteiger partial charge in [0.05, 0.1) is 5.69 Å². The smallest absolute Gasteiger partial charge is 0.321 e. The quantitative estimate of drug-likeness (QED) is 0.531. The van der Waals surface area contributed by atoms with Crippen LogP contribution in [0.3, 0.4) is 0 Å². The minimum atomic E-state index is -1.26. The molecule has 1 aromatic heterocycles. The maximum atomic E-state index is 13.8. The van der Waals surface area contributed by atoms with Gasteiger partial charge in [-0.1, -0.05) is 12.1 Å². The van der Waals surface area contributed by atoms with E-state index in [4.69, 9.17) is 0 Å². The van der Waals surface area contributed by atoms with Crippen LogP contribution in [0.4, 0.5) is 19.3 Å². The summed E-state index contributed by atoms with van der Waals surface area (Å²) in [7, 11) is 0. The van der Waals surface area contributed by atoms with Gasteiger partial charge in [-0.25, -0.2) is 18.3 Å². The lowest BCUT2D eigenvalue weighted by atomic mass is 9.92. The Balaban J connectivity index is 1.45. The van der Waals surface area contributed by atoms with Crippen LogP contribution in [0.25, 0.3) is 5.69 Å². The van der Waals surface area contributed by atoms with Gasteiger partial charge in [0, 0.05) is 23.0 Å². The van der Waals surface area contributed by atoms with Crippen LogP contribution in [-0.4, -0.2) is 27.6 Å². The SMILES string of the molecule is CC1(c2cccc(NC(=O)c3nn(-c4ccc(F)c(F)c4)c4c3CCC4)c2)NC(=O)NC1=O. The number of benzene rings is 2. The van der Waals surface area contributed by atoms with Crippen LogP contribution in [-0.2, 0) is 23.2 Å². The number of amides is 4. The second kappa shape index (κ2) is 7.51. The topological polar surface area (TPSA) is 105 Å². The van der Waals surface area contributed by atoms with Crippen LogP contribution in [0, 0.1) is 11.6 Å². The lowest BCUT2D eigenvalue weighted by molar-refractivity contribution is -0.123. The Hall–Kier alpha value is -4.08. The summed E-state index contributed by atoms with van der Waals surface area (Å²) in [5.74, 6) is -2.90. The van der Waals surface area contributed by atoms with Crippen LogP contribution in [0.1, 0.15) is 40.7 Å². The lowest BCUT2D eigenvalue weighted by Crippen LogP contribution is -2.40. The minimum Gasteiger partial charge on any atom is -0.321 e. The largest absolute Gasteiger partial charge is 0.322 e. The summed E-state index contributed by atoms with van der Waals surface area (Å²) in [5.41, 5.74) is 1.76. The van der Waals surface area contributed by atoms with Gasteiger partial charge in [0.15, 0.2) is 17.3 Å². The predicted octanol–water partition coefficient (Wildman–Crippen LogP) is 2.95. The van der Waals surface area contributed by atoms with E-state index in [-0.39, 0.29) is 5.69 Å². The lowest BCUT2D eigenvalue weighted by Gasteiger charge is -2.21. The van der Waals surface area contributed by atoms with Crippen LogP contribution >= 0.6 is 0 Å². The molecule has 3 aromatic rings. The Morgan fingerprint density at radius 1 is 1.12 bits per heavy atom. The molecule has 1 unspecified atom stereocenters. The molecule has 4 amide bonds. The van der Waals surface area contributed by atoms with E-state index >= 15 is 0 Å². The molecule has 2 heterocycles. The van der Waals surface area contributed by atoms with Gasteiger partial charge in [-0.15, -0.1) is 0 Å². The first-order valence-electron chi connectivity index (χ1n) is 10.4. The summed E-state index contributed by atoms with van der Waals surface area (Å²) < 4.78 is 28.6. The van der Waals surface area contributed by atoms with E-state index < -0.39 is 35.0 Å². The number of imide groups is 1. The third-order valence-electron chi connectivity index (χ3n) is 6.04. The van der Waals surface area contributed by atoms with E-state index in [9.17, 15) is 23.2 Å². The Morgan fingerprint density at radius 2 is 1.94 bits per heavy atom. The van der Waals surface area contributed by atoms with Crippen molar-refractivity contribution in [3.8, 4) is 5.69 Å². The maximum Gasteiger partial charge on any atom is 0.322 e. The summed E-state index contributed by atoms with van der Waals surface area (Å²) in [5, 5.41) is 12.0. The van der Waals surface area contributed by atoms with E-state index in [0.29, 0.717) is 29.8 Å².